The first-order chi connectivity index (χ1) is 33.5. The van der Waals surface area contributed by atoms with Gasteiger partial charge in [-0.25, -0.2) is 0 Å². The van der Waals surface area contributed by atoms with Crippen LogP contribution >= 0.6 is 0 Å². The Balaban J connectivity index is 0.0000000864. The molecule has 0 aromatic heterocycles. The molecule has 0 aromatic carbocycles. The molecular weight excluding hydrogens is 881 g/mol. The maximum absolute atomic E-state index is 12.2. The maximum Gasteiger partial charge on any atom is 0.312 e. The molecule has 17 rings (SSSR count). The lowest BCUT2D eigenvalue weighted by atomic mass is 9.59. The normalized spacial score (nSPS) is 56.0. The van der Waals surface area contributed by atoms with Gasteiger partial charge in [0.2, 0.25) is 0 Å². The van der Waals surface area contributed by atoms with Gasteiger partial charge in [-0.05, 0) is 234 Å². The Labute approximate surface area is 418 Å². The zero-order chi connectivity index (χ0) is 48.3. The van der Waals surface area contributed by atoms with Crippen LogP contribution in [-0.2, 0) is 47.7 Å². The number of cyclic esters (lactones) is 5. The summed E-state index contributed by atoms with van der Waals surface area (Å²) >= 11 is 0. The van der Waals surface area contributed by atoms with Crippen LogP contribution in [0.25, 0.3) is 0 Å². The van der Waals surface area contributed by atoms with E-state index >= 15 is 0 Å². The Morgan fingerprint density at radius 1 is 0.386 bits per heavy atom. The first-order valence-electron chi connectivity index (χ1n) is 29.4. The van der Waals surface area contributed by atoms with Crippen LogP contribution in [0.4, 0.5) is 0 Å². The monoisotopic (exact) mass is 967 g/mol. The zero-order valence-corrected chi connectivity index (χ0v) is 43.4. The molecule has 12 saturated carbocycles. The molecule has 12 bridgehead atoms. The van der Waals surface area contributed by atoms with E-state index in [1.165, 1.54) is 89.9 Å². The van der Waals surface area contributed by atoms with Gasteiger partial charge in [-0.2, -0.15) is 0 Å². The van der Waals surface area contributed by atoms with Crippen molar-refractivity contribution in [2.75, 3.05) is 33.0 Å². The van der Waals surface area contributed by atoms with Gasteiger partial charge in [0.15, 0.2) is 0 Å². The minimum absolute atomic E-state index is 0.0167. The molecule has 0 amide bonds. The summed E-state index contributed by atoms with van der Waals surface area (Å²) in [5.74, 6) is 16.4. The third kappa shape index (κ3) is 6.95. The number of carbonyl (C=O) groups is 5. The summed E-state index contributed by atoms with van der Waals surface area (Å²) in [6, 6.07) is 0. The summed E-state index contributed by atoms with van der Waals surface area (Å²) in [5.41, 5.74) is 0.503. The summed E-state index contributed by atoms with van der Waals surface area (Å²) in [6.07, 6.45) is 25.3. The van der Waals surface area contributed by atoms with Crippen LogP contribution in [-0.4, -0.2) is 62.9 Å². The molecule has 5 saturated heterocycles. The minimum Gasteiger partial charge on any atom is -0.465 e. The van der Waals surface area contributed by atoms with Crippen molar-refractivity contribution in [1.82, 2.24) is 0 Å². The van der Waals surface area contributed by atoms with Gasteiger partial charge in [-0.15, -0.1) is 0 Å². The molecule has 5 aliphatic heterocycles. The van der Waals surface area contributed by atoms with Gasteiger partial charge in [0, 0.05) is 10.8 Å². The van der Waals surface area contributed by atoms with E-state index in [0.29, 0.717) is 50.4 Å². The van der Waals surface area contributed by atoms with Gasteiger partial charge in [-0.3, -0.25) is 24.0 Å². The van der Waals surface area contributed by atoms with Crippen molar-refractivity contribution in [3.05, 3.63) is 0 Å². The van der Waals surface area contributed by atoms with E-state index in [4.69, 9.17) is 23.7 Å². The molecule has 10 nitrogen and oxygen atoms in total. The molecule has 70 heavy (non-hydrogen) atoms. The first kappa shape index (κ1) is 47.1. The molecule has 12 aliphatic carbocycles. The lowest BCUT2D eigenvalue weighted by Gasteiger charge is -2.44. The summed E-state index contributed by atoms with van der Waals surface area (Å²) in [5, 5.41) is 0. The van der Waals surface area contributed by atoms with Crippen LogP contribution in [0, 0.1) is 140 Å². The summed E-state index contributed by atoms with van der Waals surface area (Å²) in [4.78, 5) is 57.9. The number of rotatable bonds is 0. The van der Waals surface area contributed by atoms with Gasteiger partial charge in [0.05, 0.1) is 62.1 Å². The van der Waals surface area contributed by atoms with Crippen molar-refractivity contribution in [3.63, 3.8) is 0 Å². The van der Waals surface area contributed by atoms with Gasteiger partial charge in [-0.1, -0.05) is 34.6 Å². The Morgan fingerprint density at radius 2 is 0.929 bits per heavy atom. The highest BCUT2D eigenvalue weighted by Crippen LogP contribution is 2.74. The second-order valence-electron chi connectivity index (χ2n) is 28.8. The van der Waals surface area contributed by atoms with Gasteiger partial charge < -0.3 is 23.7 Å². The van der Waals surface area contributed by atoms with E-state index in [1.54, 1.807) is 0 Å². The van der Waals surface area contributed by atoms with Crippen LogP contribution in [0.3, 0.4) is 0 Å². The number of hydrogen-bond acceptors (Lipinski definition) is 10. The second kappa shape index (κ2) is 16.7. The average molecular weight is 967 g/mol. The van der Waals surface area contributed by atoms with Crippen molar-refractivity contribution in [1.29, 1.82) is 0 Å². The van der Waals surface area contributed by atoms with E-state index in [2.05, 4.69) is 34.6 Å². The Hall–Kier alpha value is -2.65. The predicted molar refractivity (Wildman–Crippen MR) is 259 cm³/mol. The molecular formula is C60H86O10. The van der Waals surface area contributed by atoms with Crippen molar-refractivity contribution < 1.29 is 47.7 Å². The van der Waals surface area contributed by atoms with E-state index in [0.717, 1.165) is 140 Å². The SMILES string of the molecule is CC1CC2CC1C1(CCOC1=O)C2.CC1CC2CC1C1(COC(=O)C1)C2.CC1CC2CC1C1C2C2CC1C1(CCOC1=O)C2.CC1CC2CC1CC21CCOC1=O.CC1CC2CC1CC21COC(=O)C1. The molecule has 10 heteroatoms. The standard InChI is InChI=1S/C16H22O2.4C11H16O2/c1-8-4-9-5-11(8)14-12-6-10(13(9)14)7-16(12)2-3-18-15(16)17;1-7-2-9-3-8(7)4-11(9)5-10(12)13-6-11;1-7-2-8-3-9(7)11(4-8)5-10(12)13-6-11;1-7-4-9-5-8(7)6-11(9)2-3-13-10(11)12;1-7-4-8-5-9(7)11(6-8)2-3-13-10(11)12/h8-14H,2-7H2,1H3;4*7-9H,2-6H2,1H3. The van der Waals surface area contributed by atoms with Gasteiger partial charge in [0.1, 0.15) is 0 Å². The topological polar surface area (TPSA) is 132 Å². The van der Waals surface area contributed by atoms with E-state index in [9.17, 15) is 24.0 Å². The first-order valence-corrected chi connectivity index (χ1v) is 29.4. The van der Waals surface area contributed by atoms with Crippen LogP contribution in [0.5, 0.6) is 0 Å². The highest BCUT2D eigenvalue weighted by atomic mass is 16.6. The Bertz CT molecular complexity index is 2150. The Kier molecular flexibility index (Phi) is 11.2. The smallest absolute Gasteiger partial charge is 0.312 e. The minimum atomic E-state index is -0.0255. The second-order valence-corrected chi connectivity index (χ2v) is 28.8. The molecule has 17 fully saturated rings. The fourth-order valence-electron chi connectivity index (χ4n) is 23.0. The lowest BCUT2D eigenvalue weighted by molar-refractivity contribution is -0.151. The van der Waals surface area contributed by atoms with Crippen molar-refractivity contribution in [2.45, 2.75) is 169 Å². The molecule has 0 radical (unpaired) electrons. The van der Waals surface area contributed by atoms with E-state index in [-0.39, 0.29) is 56.9 Å². The molecule has 24 atom stereocenters. The third-order valence-electron chi connectivity index (χ3n) is 25.8. The fraction of sp³-hybridized carbons (Fsp3) is 0.917. The number of fused-ring (bicyclic) bond motifs is 22. The summed E-state index contributed by atoms with van der Waals surface area (Å²) < 4.78 is 25.9. The van der Waals surface area contributed by atoms with E-state index < -0.39 is 0 Å². The zero-order valence-electron chi connectivity index (χ0n) is 43.4. The lowest BCUT2D eigenvalue weighted by Crippen LogP contribution is -2.43. The van der Waals surface area contributed by atoms with Crippen molar-refractivity contribution in [3.8, 4) is 0 Å². The highest BCUT2D eigenvalue weighted by Gasteiger charge is 2.71. The molecule has 17 aliphatic rings. The van der Waals surface area contributed by atoms with Crippen molar-refractivity contribution in [2.24, 2.45) is 140 Å². The van der Waals surface area contributed by atoms with Gasteiger partial charge in [0.25, 0.3) is 0 Å². The van der Waals surface area contributed by atoms with Crippen LogP contribution in [0.1, 0.15) is 169 Å². The molecule has 24 unspecified atom stereocenters. The molecule has 0 N–H and O–H groups in total. The Morgan fingerprint density at radius 3 is 1.41 bits per heavy atom. The maximum atomic E-state index is 12.2. The number of ether oxygens (including phenoxy) is 5. The fourth-order valence-corrected chi connectivity index (χ4v) is 23.0. The number of carbonyl (C=O) groups excluding carboxylic acids is 5. The molecule has 5 spiro atoms. The third-order valence-corrected chi connectivity index (χ3v) is 25.8. The molecule has 386 valence electrons. The largest absolute Gasteiger partial charge is 0.465 e. The molecule has 5 heterocycles. The van der Waals surface area contributed by atoms with Crippen molar-refractivity contribution >= 4 is 29.8 Å². The van der Waals surface area contributed by atoms with Crippen LogP contribution in [0.2, 0.25) is 0 Å². The van der Waals surface area contributed by atoms with E-state index in [1.807, 2.05) is 0 Å². The van der Waals surface area contributed by atoms with Crippen LogP contribution < -0.4 is 0 Å². The van der Waals surface area contributed by atoms with Gasteiger partial charge >= 0.3 is 29.8 Å². The average Bonchev–Trinajstić information content (AvgIpc) is 4.14. The van der Waals surface area contributed by atoms with Crippen LogP contribution in [0.15, 0.2) is 0 Å². The number of esters is 5. The predicted octanol–water partition coefficient (Wildman–Crippen LogP) is 10.8. The quantitative estimate of drug-likeness (QED) is 0.131. The summed E-state index contributed by atoms with van der Waals surface area (Å²) in [7, 11) is 0. The summed E-state index contributed by atoms with van der Waals surface area (Å²) in [6.45, 7) is 15.3. The highest BCUT2D eigenvalue weighted by molar-refractivity contribution is 5.81. The number of hydrogen-bond donors (Lipinski definition) is 0. The molecule has 0 aromatic rings.